The molecule has 0 radical (unpaired) electrons. The van der Waals surface area contributed by atoms with E-state index in [0.29, 0.717) is 37.3 Å². The van der Waals surface area contributed by atoms with Crippen molar-refractivity contribution in [2.45, 2.75) is 51.7 Å². The van der Waals surface area contributed by atoms with Gasteiger partial charge in [0, 0.05) is 6.61 Å². The van der Waals surface area contributed by atoms with Crippen LogP contribution < -0.4 is 5.32 Å². The van der Waals surface area contributed by atoms with Crippen LogP contribution in [0.25, 0.3) is 0 Å². The van der Waals surface area contributed by atoms with Crippen molar-refractivity contribution in [3.05, 3.63) is 11.7 Å². The number of rotatable bonds is 6. The summed E-state index contributed by atoms with van der Waals surface area (Å²) >= 11 is 0. The fourth-order valence-corrected chi connectivity index (χ4v) is 2.93. The molecule has 1 aromatic rings. The van der Waals surface area contributed by atoms with Gasteiger partial charge in [-0.2, -0.15) is 4.98 Å². The Labute approximate surface area is 120 Å². The molecule has 0 bridgehead atoms. The van der Waals surface area contributed by atoms with Gasteiger partial charge < -0.3 is 9.26 Å². The number of hydrogen-bond donors (Lipinski definition) is 1. The van der Waals surface area contributed by atoms with Crippen molar-refractivity contribution in [2.24, 2.45) is 5.92 Å². The normalized spacial score (nSPS) is 26.4. The van der Waals surface area contributed by atoms with E-state index in [9.17, 15) is 0 Å². The molecule has 1 heterocycles. The summed E-state index contributed by atoms with van der Waals surface area (Å²) in [7, 11) is 0. The molecule has 0 aromatic carbocycles. The summed E-state index contributed by atoms with van der Waals surface area (Å²) < 4.78 is 11.3. The van der Waals surface area contributed by atoms with Gasteiger partial charge in [-0.15, -0.1) is 6.42 Å². The Balaban J connectivity index is 2.11. The number of ether oxygens (including phenoxy) is 1. The van der Waals surface area contributed by atoms with Crippen molar-refractivity contribution in [3.63, 3.8) is 0 Å². The molecule has 2 atom stereocenters. The lowest BCUT2D eigenvalue weighted by atomic mass is 9.78. The molecule has 1 aliphatic carbocycles. The number of nitrogens with zero attached hydrogens (tertiary/aromatic N) is 2. The van der Waals surface area contributed by atoms with Crippen LogP contribution in [0.5, 0.6) is 0 Å². The minimum atomic E-state index is -0.375. The average molecular weight is 277 g/mol. The first-order valence-electron chi connectivity index (χ1n) is 7.31. The van der Waals surface area contributed by atoms with Gasteiger partial charge in [0.25, 0.3) is 0 Å². The minimum absolute atomic E-state index is 0.375. The highest BCUT2D eigenvalue weighted by Crippen LogP contribution is 2.41. The van der Waals surface area contributed by atoms with Crippen LogP contribution in [0, 0.1) is 18.3 Å². The van der Waals surface area contributed by atoms with E-state index in [-0.39, 0.29) is 5.60 Å². The molecular weight excluding hydrogens is 254 g/mol. The largest absolute Gasteiger partial charge is 0.367 e. The summed E-state index contributed by atoms with van der Waals surface area (Å²) in [5.41, 5.74) is -0.375. The molecule has 1 saturated carbocycles. The Morgan fingerprint density at radius 2 is 2.45 bits per heavy atom. The van der Waals surface area contributed by atoms with Crippen LogP contribution >= 0.6 is 0 Å². The van der Waals surface area contributed by atoms with Crippen LogP contribution in [-0.2, 0) is 16.9 Å². The predicted molar refractivity (Wildman–Crippen MR) is 75.8 cm³/mol. The first kappa shape index (κ1) is 15.0. The van der Waals surface area contributed by atoms with Gasteiger partial charge >= 0.3 is 0 Å². The van der Waals surface area contributed by atoms with Crippen LogP contribution in [0.15, 0.2) is 4.52 Å². The monoisotopic (exact) mass is 277 g/mol. The Kier molecular flexibility index (Phi) is 5.16. The quantitative estimate of drug-likeness (QED) is 0.638. The van der Waals surface area contributed by atoms with E-state index >= 15 is 0 Å². The Morgan fingerprint density at radius 1 is 1.60 bits per heavy atom. The third-order valence-corrected chi connectivity index (χ3v) is 3.76. The summed E-state index contributed by atoms with van der Waals surface area (Å²) in [5.74, 6) is 4.38. The van der Waals surface area contributed by atoms with Crippen molar-refractivity contribution in [2.75, 3.05) is 13.2 Å². The maximum absolute atomic E-state index is 6.03. The molecule has 0 amide bonds. The lowest BCUT2D eigenvalue weighted by Crippen LogP contribution is -2.36. The molecule has 1 aliphatic rings. The molecule has 2 rings (SSSR count). The average Bonchev–Trinajstić information content (AvgIpc) is 2.89. The van der Waals surface area contributed by atoms with E-state index in [4.69, 9.17) is 15.7 Å². The first-order chi connectivity index (χ1) is 9.70. The van der Waals surface area contributed by atoms with Crippen molar-refractivity contribution >= 4 is 0 Å². The Morgan fingerprint density at radius 3 is 3.15 bits per heavy atom. The van der Waals surface area contributed by atoms with E-state index < -0.39 is 0 Å². The van der Waals surface area contributed by atoms with Gasteiger partial charge in [0.1, 0.15) is 5.60 Å². The molecule has 2 unspecified atom stereocenters. The standard InChI is InChI=1S/C15H23N3O2/c1-4-9-16-11-13-17-14(18-20-13)15(19-5-2)8-6-7-12(3)10-15/h1,12,16H,5-11H2,2-3H3. The van der Waals surface area contributed by atoms with Gasteiger partial charge in [-0.3, -0.25) is 5.32 Å². The zero-order valence-corrected chi connectivity index (χ0v) is 12.3. The van der Waals surface area contributed by atoms with E-state index in [2.05, 4.69) is 28.3 Å². The molecule has 1 N–H and O–H groups in total. The molecule has 20 heavy (non-hydrogen) atoms. The molecule has 5 nitrogen and oxygen atoms in total. The molecule has 5 heteroatoms. The summed E-state index contributed by atoms with van der Waals surface area (Å²) in [6.07, 6.45) is 9.49. The fraction of sp³-hybridized carbons (Fsp3) is 0.733. The maximum atomic E-state index is 6.03. The van der Waals surface area contributed by atoms with Crippen molar-refractivity contribution < 1.29 is 9.26 Å². The van der Waals surface area contributed by atoms with E-state index in [1.165, 1.54) is 6.42 Å². The molecule has 1 aromatic heterocycles. The van der Waals surface area contributed by atoms with Gasteiger partial charge in [-0.25, -0.2) is 0 Å². The van der Waals surface area contributed by atoms with Gasteiger partial charge in [0.2, 0.25) is 11.7 Å². The van der Waals surface area contributed by atoms with Crippen LogP contribution in [0.4, 0.5) is 0 Å². The third kappa shape index (κ3) is 3.38. The van der Waals surface area contributed by atoms with Gasteiger partial charge in [-0.05, 0) is 32.1 Å². The summed E-state index contributed by atoms with van der Waals surface area (Å²) in [5, 5.41) is 7.19. The molecule has 0 aliphatic heterocycles. The first-order valence-corrected chi connectivity index (χ1v) is 7.31. The third-order valence-electron chi connectivity index (χ3n) is 3.76. The summed E-state index contributed by atoms with van der Waals surface area (Å²) in [4.78, 5) is 4.50. The number of hydrogen-bond acceptors (Lipinski definition) is 5. The van der Waals surface area contributed by atoms with Crippen LogP contribution in [0.1, 0.15) is 51.2 Å². The van der Waals surface area contributed by atoms with Crippen molar-refractivity contribution in [1.82, 2.24) is 15.5 Å². The van der Waals surface area contributed by atoms with Crippen LogP contribution in [-0.4, -0.2) is 23.3 Å². The number of nitrogens with one attached hydrogen (secondary N) is 1. The second-order valence-electron chi connectivity index (χ2n) is 5.45. The van der Waals surface area contributed by atoms with Gasteiger partial charge in [0.15, 0.2) is 0 Å². The fourth-order valence-electron chi connectivity index (χ4n) is 2.93. The molecular formula is C15H23N3O2. The van der Waals surface area contributed by atoms with E-state index in [1.54, 1.807) is 0 Å². The highest BCUT2D eigenvalue weighted by Gasteiger charge is 2.41. The topological polar surface area (TPSA) is 60.2 Å². The SMILES string of the molecule is C#CCNCc1nc(C2(OCC)CCCC(C)C2)no1. The smallest absolute Gasteiger partial charge is 0.240 e. The van der Waals surface area contributed by atoms with Gasteiger partial charge in [-0.1, -0.05) is 24.4 Å². The van der Waals surface area contributed by atoms with E-state index in [0.717, 1.165) is 19.3 Å². The maximum Gasteiger partial charge on any atom is 0.240 e. The molecule has 0 spiro atoms. The zero-order valence-electron chi connectivity index (χ0n) is 12.3. The Hall–Kier alpha value is -1.38. The second kappa shape index (κ2) is 6.87. The molecule has 110 valence electrons. The highest BCUT2D eigenvalue weighted by atomic mass is 16.5. The van der Waals surface area contributed by atoms with Gasteiger partial charge in [0.05, 0.1) is 13.1 Å². The summed E-state index contributed by atoms with van der Waals surface area (Å²) in [6, 6.07) is 0. The van der Waals surface area contributed by atoms with Crippen molar-refractivity contribution in [1.29, 1.82) is 0 Å². The molecule has 1 fully saturated rings. The predicted octanol–water partition coefficient (Wildman–Crippen LogP) is 2.23. The van der Waals surface area contributed by atoms with E-state index in [1.807, 2.05) is 6.92 Å². The molecule has 0 saturated heterocycles. The van der Waals surface area contributed by atoms with Crippen molar-refractivity contribution in [3.8, 4) is 12.3 Å². The minimum Gasteiger partial charge on any atom is -0.367 e. The number of aromatic nitrogens is 2. The Bertz CT molecular complexity index is 462. The summed E-state index contributed by atoms with van der Waals surface area (Å²) in [6.45, 7) is 5.91. The lowest BCUT2D eigenvalue weighted by molar-refractivity contribution is -0.0891. The number of terminal acetylenes is 1. The highest BCUT2D eigenvalue weighted by molar-refractivity contribution is 5.04. The lowest BCUT2D eigenvalue weighted by Gasteiger charge is -2.37. The van der Waals surface area contributed by atoms with Crippen LogP contribution in [0.2, 0.25) is 0 Å². The zero-order chi connectivity index (χ0) is 14.4. The van der Waals surface area contributed by atoms with Crippen LogP contribution in [0.3, 0.4) is 0 Å². The second-order valence-corrected chi connectivity index (χ2v) is 5.45.